The Labute approximate surface area is 170 Å². The molecule has 0 spiro atoms. The van der Waals surface area contributed by atoms with Crippen molar-refractivity contribution in [3.8, 4) is 0 Å². The maximum absolute atomic E-state index is 11.3. The number of carbonyl (C=O) groups excluding carboxylic acids is 1. The van der Waals surface area contributed by atoms with Crippen molar-refractivity contribution in [2.24, 2.45) is 0 Å². The zero-order chi connectivity index (χ0) is 21.3. The number of anilines is 1. The molecule has 0 aliphatic heterocycles. The first-order chi connectivity index (χ1) is 13.2. The molecule has 28 heavy (non-hydrogen) atoms. The standard InChI is InChI=1S/C18H27ClN2O.C2H2O4/c1-4-10-21(11-5-2)12-15-7-6-14-8-9-16(20-13(3)22)18(19)17(14)15;3-1(4)2(5)6/h8-9,15H,4-7,10-12H2,1-3H3,(H,20,22);(H,3,4)(H,5,6). The van der Waals surface area contributed by atoms with Gasteiger partial charge in [0.05, 0.1) is 10.7 Å². The van der Waals surface area contributed by atoms with Gasteiger partial charge in [-0.15, -0.1) is 0 Å². The van der Waals surface area contributed by atoms with Crippen molar-refractivity contribution in [2.45, 2.75) is 52.4 Å². The van der Waals surface area contributed by atoms with Crippen molar-refractivity contribution >= 4 is 35.1 Å². The van der Waals surface area contributed by atoms with Crippen molar-refractivity contribution in [1.29, 1.82) is 0 Å². The van der Waals surface area contributed by atoms with E-state index in [1.165, 1.54) is 30.9 Å². The van der Waals surface area contributed by atoms with E-state index in [0.717, 1.165) is 43.2 Å². The minimum Gasteiger partial charge on any atom is -0.473 e. The van der Waals surface area contributed by atoms with Crippen molar-refractivity contribution in [2.75, 3.05) is 25.0 Å². The molecule has 2 rings (SSSR count). The van der Waals surface area contributed by atoms with E-state index in [2.05, 4.69) is 30.1 Å². The van der Waals surface area contributed by atoms with Crippen LogP contribution in [0, 0.1) is 0 Å². The first-order valence-electron chi connectivity index (χ1n) is 9.48. The summed E-state index contributed by atoms with van der Waals surface area (Å²) in [5.74, 6) is -3.24. The zero-order valence-corrected chi connectivity index (χ0v) is 17.4. The number of aliphatic carboxylic acids is 2. The van der Waals surface area contributed by atoms with Crippen LogP contribution in [0.5, 0.6) is 0 Å². The Morgan fingerprint density at radius 3 is 2.18 bits per heavy atom. The Hall–Kier alpha value is -2.12. The lowest BCUT2D eigenvalue weighted by atomic mass is 9.99. The van der Waals surface area contributed by atoms with Crippen LogP contribution in [-0.4, -0.2) is 52.6 Å². The summed E-state index contributed by atoms with van der Waals surface area (Å²) in [7, 11) is 0. The van der Waals surface area contributed by atoms with E-state index in [-0.39, 0.29) is 5.91 Å². The fraction of sp³-hybridized carbons (Fsp3) is 0.550. The predicted molar refractivity (Wildman–Crippen MR) is 109 cm³/mol. The van der Waals surface area contributed by atoms with Crippen LogP contribution in [0.4, 0.5) is 5.69 Å². The van der Waals surface area contributed by atoms with Gasteiger partial charge in [-0.25, -0.2) is 9.59 Å². The van der Waals surface area contributed by atoms with Gasteiger partial charge in [-0.3, -0.25) is 4.79 Å². The van der Waals surface area contributed by atoms with Crippen molar-refractivity contribution in [1.82, 2.24) is 4.90 Å². The number of nitrogens with one attached hydrogen (secondary N) is 1. The molecule has 0 saturated heterocycles. The number of carboxylic acids is 2. The largest absolute Gasteiger partial charge is 0.473 e. The molecule has 3 N–H and O–H groups in total. The van der Waals surface area contributed by atoms with E-state index in [0.29, 0.717) is 5.92 Å². The van der Waals surface area contributed by atoms with Crippen molar-refractivity contribution < 1.29 is 24.6 Å². The van der Waals surface area contributed by atoms with Gasteiger partial charge < -0.3 is 20.4 Å². The van der Waals surface area contributed by atoms with Gasteiger partial charge >= 0.3 is 11.9 Å². The quantitative estimate of drug-likeness (QED) is 0.590. The van der Waals surface area contributed by atoms with Crippen LogP contribution in [0.2, 0.25) is 5.02 Å². The number of fused-ring (bicyclic) bond motifs is 1. The van der Waals surface area contributed by atoms with Gasteiger partial charge in [0.2, 0.25) is 5.91 Å². The summed E-state index contributed by atoms with van der Waals surface area (Å²) in [4.78, 5) is 32.1. The summed E-state index contributed by atoms with van der Waals surface area (Å²) in [5, 5.41) is 18.4. The molecule has 156 valence electrons. The molecule has 0 saturated carbocycles. The van der Waals surface area contributed by atoms with E-state index < -0.39 is 11.9 Å². The van der Waals surface area contributed by atoms with Crippen LogP contribution >= 0.6 is 11.6 Å². The van der Waals surface area contributed by atoms with E-state index in [1.807, 2.05) is 6.07 Å². The molecule has 0 fully saturated rings. The van der Waals surface area contributed by atoms with Gasteiger partial charge in [0.1, 0.15) is 0 Å². The second-order valence-corrected chi connectivity index (χ2v) is 7.21. The van der Waals surface area contributed by atoms with Crippen LogP contribution < -0.4 is 5.32 Å². The number of aryl methyl sites for hydroxylation is 1. The van der Waals surface area contributed by atoms with Gasteiger partial charge in [0.25, 0.3) is 0 Å². The first-order valence-corrected chi connectivity index (χ1v) is 9.86. The monoisotopic (exact) mass is 412 g/mol. The maximum atomic E-state index is 11.3. The van der Waals surface area contributed by atoms with Crippen LogP contribution in [-0.2, 0) is 20.8 Å². The summed E-state index contributed by atoms with van der Waals surface area (Å²) >= 11 is 6.60. The summed E-state index contributed by atoms with van der Waals surface area (Å²) < 4.78 is 0. The van der Waals surface area contributed by atoms with Crippen molar-refractivity contribution in [3.05, 3.63) is 28.3 Å². The summed E-state index contributed by atoms with van der Waals surface area (Å²) in [6.07, 6.45) is 4.60. The normalized spacial score (nSPS) is 14.8. The van der Waals surface area contributed by atoms with Gasteiger partial charge in [-0.05, 0) is 61.9 Å². The second-order valence-electron chi connectivity index (χ2n) is 6.83. The van der Waals surface area contributed by atoms with Crippen LogP contribution in [0.25, 0.3) is 0 Å². The van der Waals surface area contributed by atoms with E-state index in [4.69, 9.17) is 31.4 Å². The molecule has 0 bridgehead atoms. The molecule has 0 aromatic heterocycles. The number of rotatable bonds is 7. The minimum atomic E-state index is -1.82. The molecular formula is C20H29ClN2O5. The highest BCUT2D eigenvalue weighted by atomic mass is 35.5. The van der Waals surface area contributed by atoms with Crippen LogP contribution in [0.15, 0.2) is 12.1 Å². The molecule has 1 aromatic carbocycles. The third-order valence-electron chi connectivity index (χ3n) is 4.49. The molecule has 1 atom stereocenters. The smallest absolute Gasteiger partial charge is 0.414 e. The lowest BCUT2D eigenvalue weighted by molar-refractivity contribution is -0.159. The number of hydrogen-bond donors (Lipinski definition) is 3. The van der Waals surface area contributed by atoms with Gasteiger partial charge in [0.15, 0.2) is 0 Å². The summed E-state index contributed by atoms with van der Waals surface area (Å²) in [6.45, 7) is 9.33. The Bertz CT molecular complexity index is 690. The number of hydrogen-bond acceptors (Lipinski definition) is 4. The molecule has 7 nitrogen and oxygen atoms in total. The number of nitrogens with zero attached hydrogens (tertiary/aromatic N) is 1. The average molecular weight is 413 g/mol. The van der Waals surface area contributed by atoms with Gasteiger partial charge in [-0.2, -0.15) is 0 Å². The third kappa shape index (κ3) is 7.13. The molecule has 8 heteroatoms. The Morgan fingerprint density at radius 2 is 1.71 bits per heavy atom. The zero-order valence-electron chi connectivity index (χ0n) is 16.6. The molecular weight excluding hydrogens is 384 g/mol. The molecule has 0 heterocycles. The van der Waals surface area contributed by atoms with E-state index in [1.54, 1.807) is 0 Å². The molecule has 0 radical (unpaired) electrons. The number of amides is 1. The highest BCUT2D eigenvalue weighted by Gasteiger charge is 2.28. The Morgan fingerprint density at radius 1 is 1.14 bits per heavy atom. The number of halogens is 1. The highest BCUT2D eigenvalue weighted by Crippen LogP contribution is 2.42. The number of benzene rings is 1. The lowest BCUT2D eigenvalue weighted by Gasteiger charge is -2.26. The summed E-state index contributed by atoms with van der Waals surface area (Å²) in [6, 6.07) is 4.05. The number of carbonyl (C=O) groups is 3. The van der Waals surface area contributed by atoms with Gasteiger partial charge in [0, 0.05) is 13.5 Å². The third-order valence-corrected chi connectivity index (χ3v) is 4.90. The second kappa shape index (κ2) is 11.7. The lowest BCUT2D eigenvalue weighted by Crippen LogP contribution is -2.29. The van der Waals surface area contributed by atoms with Crippen molar-refractivity contribution in [3.63, 3.8) is 0 Å². The fourth-order valence-electron chi connectivity index (χ4n) is 3.47. The van der Waals surface area contributed by atoms with Gasteiger partial charge in [-0.1, -0.05) is 31.5 Å². The van der Waals surface area contributed by atoms with E-state index in [9.17, 15) is 4.79 Å². The number of carboxylic acid groups (broad SMARTS) is 2. The predicted octanol–water partition coefficient (Wildman–Crippen LogP) is 3.61. The molecule has 1 aliphatic carbocycles. The fourth-order valence-corrected chi connectivity index (χ4v) is 3.86. The molecule has 1 unspecified atom stereocenters. The average Bonchev–Trinajstić information content (AvgIpc) is 3.01. The topological polar surface area (TPSA) is 107 Å². The Kier molecular flexibility index (Phi) is 9.96. The van der Waals surface area contributed by atoms with Crippen LogP contribution in [0.1, 0.15) is 57.1 Å². The molecule has 1 amide bonds. The van der Waals surface area contributed by atoms with E-state index >= 15 is 0 Å². The Balaban J connectivity index is 0.000000568. The maximum Gasteiger partial charge on any atom is 0.414 e. The first kappa shape index (κ1) is 23.9. The molecule has 1 aliphatic rings. The highest BCUT2D eigenvalue weighted by molar-refractivity contribution is 6.34. The minimum absolute atomic E-state index is 0.0741. The SMILES string of the molecule is CCCN(CCC)CC1CCc2ccc(NC(C)=O)c(Cl)c21.O=C(O)C(=O)O. The molecule has 1 aromatic rings. The summed E-state index contributed by atoms with van der Waals surface area (Å²) in [5.41, 5.74) is 3.35. The van der Waals surface area contributed by atoms with Crippen LogP contribution in [0.3, 0.4) is 0 Å².